The van der Waals surface area contributed by atoms with Crippen molar-refractivity contribution < 1.29 is 4.79 Å². The SMILES string of the molecule is C=CCn1nc(C(=O)N2CCCCC2)c2c1CC[C@@H](NC1CCN(Cc3ccccc3)CC1)C2. The molecule has 1 amide bonds. The molecule has 1 N–H and O–H groups in total. The number of carbonyl (C=O) groups excluding carboxylic acids is 1. The fraction of sp³-hybridized carbons (Fsp3) is 0.571. The Morgan fingerprint density at radius 3 is 2.53 bits per heavy atom. The van der Waals surface area contributed by atoms with Crippen molar-refractivity contribution in [1.29, 1.82) is 0 Å². The van der Waals surface area contributed by atoms with Crippen LogP contribution in [0.3, 0.4) is 0 Å². The van der Waals surface area contributed by atoms with Gasteiger partial charge in [0.2, 0.25) is 0 Å². The first-order valence-electron chi connectivity index (χ1n) is 13.2. The zero-order valence-corrected chi connectivity index (χ0v) is 20.4. The van der Waals surface area contributed by atoms with Crippen molar-refractivity contribution in [3.05, 3.63) is 65.5 Å². The molecule has 0 unspecified atom stereocenters. The van der Waals surface area contributed by atoms with E-state index in [2.05, 4.69) is 47.1 Å². The lowest BCUT2D eigenvalue weighted by atomic mass is 9.89. The number of allylic oxidation sites excluding steroid dienone is 1. The molecule has 0 saturated carbocycles. The molecule has 0 bridgehead atoms. The van der Waals surface area contributed by atoms with E-state index in [4.69, 9.17) is 5.10 Å². The van der Waals surface area contributed by atoms with Crippen LogP contribution >= 0.6 is 0 Å². The summed E-state index contributed by atoms with van der Waals surface area (Å²) < 4.78 is 2.03. The lowest BCUT2D eigenvalue weighted by Gasteiger charge is -2.36. The standard InChI is InChI=1S/C28H39N5O/c1-2-15-33-26-12-11-24(20-25(26)27(30-33)28(34)32-16-7-4-8-17-32)29-23-13-18-31(19-14-23)21-22-9-5-3-6-10-22/h2-3,5-6,9-10,23-24,29H,1,4,7-8,11-21H2/t24-/m1/s1. The molecular weight excluding hydrogens is 422 g/mol. The van der Waals surface area contributed by atoms with Gasteiger partial charge in [0.15, 0.2) is 5.69 Å². The molecule has 5 rings (SSSR count). The lowest BCUT2D eigenvalue weighted by Crippen LogP contribution is -2.47. The highest BCUT2D eigenvalue weighted by molar-refractivity contribution is 5.94. The Kier molecular flexibility index (Phi) is 7.45. The van der Waals surface area contributed by atoms with E-state index in [1.54, 1.807) is 0 Å². The van der Waals surface area contributed by atoms with Gasteiger partial charge < -0.3 is 10.2 Å². The van der Waals surface area contributed by atoms with Crippen molar-refractivity contribution >= 4 is 5.91 Å². The molecule has 1 atom stereocenters. The first kappa shape index (κ1) is 23.3. The Morgan fingerprint density at radius 1 is 1.03 bits per heavy atom. The molecule has 2 saturated heterocycles. The van der Waals surface area contributed by atoms with Crippen LogP contribution in [0.1, 0.15) is 65.8 Å². The van der Waals surface area contributed by atoms with E-state index >= 15 is 0 Å². The van der Waals surface area contributed by atoms with Crippen LogP contribution in [-0.4, -0.2) is 63.8 Å². The molecule has 1 aromatic heterocycles. The average molecular weight is 462 g/mol. The molecule has 1 aromatic carbocycles. The van der Waals surface area contributed by atoms with E-state index < -0.39 is 0 Å². The van der Waals surface area contributed by atoms with Gasteiger partial charge in [0.25, 0.3) is 5.91 Å². The summed E-state index contributed by atoms with van der Waals surface area (Å²) in [5.41, 5.74) is 4.53. The van der Waals surface area contributed by atoms with Gasteiger partial charge in [-0.1, -0.05) is 36.4 Å². The van der Waals surface area contributed by atoms with Gasteiger partial charge in [0.1, 0.15) is 0 Å². The van der Waals surface area contributed by atoms with Crippen molar-refractivity contribution in [1.82, 2.24) is 24.9 Å². The Morgan fingerprint density at radius 2 is 1.79 bits per heavy atom. The van der Waals surface area contributed by atoms with Crippen LogP contribution in [0.15, 0.2) is 43.0 Å². The molecule has 2 aromatic rings. The van der Waals surface area contributed by atoms with Gasteiger partial charge in [-0.25, -0.2) is 0 Å². The monoisotopic (exact) mass is 461 g/mol. The third-order valence-corrected chi connectivity index (χ3v) is 7.80. The minimum atomic E-state index is 0.133. The summed E-state index contributed by atoms with van der Waals surface area (Å²) in [5.74, 6) is 0.133. The average Bonchev–Trinajstić information content (AvgIpc) is 3.24. The van der Waals surface area contributed by atoms with Gasteiger partial charge >= 0.3 is 0 Å². The van der Waals surface area contributed by atoms with E-state index in [0.29, 0.717) is 24.3 Å². The molecule has 34 heavy (non-hydrogen) atoms. The topological polar surface area (TPSA) is 53.4 Å². The maximum atomic E-state index is 13.4. The largest absolute Gasteiger partial charge is 0.337 e. The molecule has 1 aliphatic carbocycles. The smallest absolute Gasteiger partial charge is 0.274 e. The van der Waals surface area contributed by atoms with E-state index in [1.165, 1.54) is 36.1 Å². The zero-order chi connectivity index (χ0) is 23.3. The highest BCUT2D eigenvalue weighted by Gasteiger charge is 2.32. The molecule has 0 spiro atoms. The highest BCUT2D eigenvalue weighted by Crippen LogP contribution is 2.28. The van der Waals surface area contributed by atoms with Crippen molar-refractivity contribution in [3.63, 3.8) is 0 Å². The van der Waals surface area contributed by atoms with Crippen molar-refractivity contribution in [2.45, 2.75) is 76.5 Å². The Hall–Kier alpha value is -2.44. The van der Waals surface area contributed by atoms with Crippen molar-refractivity contribution in [2.24, 2.45) is 0 Å². The quantitative estimate of drug-likeness (QED) is 0.637. The van der Waals surface area contributed by atoms with Gasteiger partial charge in [-0.15, -0.1) is 6.58 Å². The van der Waals surface area contributed by atoms with Crippen LogP contribution in [0.2, 0.25) is 0 Å². The van der Waals surface area contributed by atoms with E-state index in [0.717, 1.165) is 64.8 Å². The number of likely N-dealkylation sites (tertiary alicyclic amines) is 2. The number of hydrogen-bond donors (Lipinski definition) is 1. The number of hydrogen-bond acceptors (Lipinski definition) is 4. The summed E-state index contributed by atoms with van der Waals surface area (Å²) in [6.45, 7) is 9.63. The first-order valence-corrected chi connectivity index (χ1v) is 13.2. The van der Waals surface area contributed by atoms with Gasteiger partial charge in [-0.3, -0.25) is 14.4 Å². The number of nitrogens with one attached hydrogen (secondary N) is 1. The maximum absolute atomic E-state index is 13.4. The van der Waals surface area contributed by atoms with Crippen LogP contribution in [0, 0.1) is 0 Å². The minimum absolute atomic E-state index is 0.133. The minimum Gasteiger partial charge on any atom is -0.337 e. The number of aromatic nitrogens is 2. The van der Waals surface area contributed by atoms with Crippen LogP contribution in [0.5, 0.6) is 0 Å². The number of carbonyl (C=O) groups is 1. The number of benzene rings is 1. The molecule has 3 aliphatic rings. The molecule has 2 fully saturated rings. The Bertz CT molecular complexity index is 970. The van der Waals surface area contributed by atoms with E-state index in [-0.39, 0.29) is 5.91 Å². The third-order valence-electron chi connectivity index (χ3n) is 7.80. The van der Waals surface area contributed by atoms with Crippen LogP contribution < -0.4 is 5.32 Å². The second-order valence-electron chi connectivity index (χ2n) is 10.2. The lowest BCUT2D eigenvalue weighted by molar-refractivity contribution is 0.0716. The van der Waals surface area contributed by atoms with Crippen LogP contribution in [0.4, 0.5) is 0 Å². The number of piperidine rings is 2. The molecule has 3 heterocycles. The molecule has 6 heteroatoms. The van der Waals surface area contributed by atoms with Crippen LogP contribution in [-0.2, 0) is 25.9 Å². The predicted molar refractivity (Wildman–Crippen MR) is 136 cm³/mol. The summed E-state index contributed by atoms with van der Waals surface area (Å²) in [6, 6.07) is 11.8. The van der Waals surface area contributed by atoms with Crippen LogP contribution in [0.25, 0.3) is 0 Å². The zero-order valence-electron chi connectivity index (χ0n) is 20.4. The van der Waals surface area contributed by atoms with Gasteiger partial charge in [-0.2, -0.15) is 5.10 Å². The Balaban J connectivity index is 1.21. The first-order chi connectivity index (χ1) is 16.7. The third kappa shape index (κ3) is 5.28. The maximum Gasteiger partial charge on any atom is 0.274 e. The predicted octanol–water partition coefficient (Wildman–Crippen LogP) is 3.81. The molecule has 6 nitrogen and oxygen atoms in total. The molecule has 2 aliphatic heterocycles. The van der Waals surface area contributed by atoms with Gasteiger partial charge in [0, 0.05) is 43.0 Å². The number of amides is 1. The second kappa shape index (κ2) is 10.9. The fourth-order valence-electron chi connectivity index (χ4n) is 5.95. The molecule has 182 valence electrons. The normalized spacial score (nSPS) is 21.9. The van der Waals surface area contributed by atoms with E-state index in [1.807, 2.05) is 15.7 Å². The summed E-state index contributed by atoms with van der Waals surface area (Å²) in [6.07, 6.45) is 10.7. The number of fused-ring (bicyclic) bond motifs is 1. The summed E-state index contributed by atoms with van der Waals surface area (Å²) >= 11 is 0. The fourth-order valence-corrected chi connectivity index (χ4v) is 5.95. The number of nitrogens with zero attached hydrogens (tertiary/aromatic N) is 4. The number of rotatable bonds is 7. The van der Waals surface area contributed by atoms with Crippen molar-refractivity contribution in [3.8, 4) is 0 Å². The summed E-state index contributed by atoms with van der Waals surface area (Å²) in [4.78, 5) is 18.0. The second-order valence-corrected chi connectivity index (χ2v) is 10.2. The van der Waals surface area contributed by atoms with E-state index in [9.17, 15) is 4.79 Å². The summed E-state index contributed by atoms with van der Waals surface area (Å²) in [7, 11) is 0. The summed E-state index contributed by atoms with van der Waals surface area (Å²) in [5, 5.41) is 8.77. The van der Waals surface area contributed by atoms with Gasteiger partial charge in [0.05, 0.1) is 6.54 Å². The highest BCUT2D eigenvalue weighted by atomic mass is 16.2. The molecule has 0 radical (unpaired) electrons. The molecular formula is C28H39N5O. The van der Waals surface area contributed by atoms with Gasteiger partial charge in [-0.05, 0) is 70.0 Å². The Labute approximate surface area is 204 Å². The van der Waals surface area contributed by atoms with Crippen molar-refractivity contribution in [2.75, 3.05) is 26.2 Å².